The number of aromatic nitrogens is 1. The van der Waals surface area contributed by atoms with Gasteiger partial charge in [0.15, 0.2) is 5.58 Å². The van der Waals surface area contributed by atoms with E-state index < -0.39 is 0 Å². The molecule has 25 heavy (non-hydrogen) atoms. The molecule has 0 aliphatic carbocycles. The molecule has 2 aromatic carbocycles. The van der Waals surface area contributed by atoms with Crippen LogP contribution >= 0.6 is 38.5 Å². The van der Waals surface area contributed by atoms with Gasteiger partial charge in [0.25, 0.3) is 0 Å². The molecule has 0 aliphatic rings. The molecule has 0 atom stereocenters. The lowest BCUT2D eigenvalue weighted by atomic mass is 10.2. The van der Waals surface area contributed by atoms with Gasteiger partial charge in [-0.05, 0) is 81.3 Å². The third kappa shape index (κ3) is 4.61. The number of nitrogens with zero attached hydrogens (tertiary/aromatic N) is 1. The smallest absolute Gasteiger partial charge is 0.228 e. The molecule has 1 N–H and O–H groups in total. The minimum Gasteiger partial charge on any atom is -0.436 e. The number of anilines is 1. The maximum absolute atomic E-state index is 12.0. The van der Waals surface area contributed by atoms with Crippen molar-refractivity contribution >= 4 is 61.2 Å². The Hall–Kier alpha value is -1.41. The highest BCUT2D eigenvalue weighted by Crippen LogP contribution is 2.32. The van der Waals surface area contributed by atoms with E-state index in [0.717, 1.165) is 44.1 Å². The van der Waals surface area contributed by atoms with Crippen LogP contribution in [0.15, 0.2) is 45.3 Å². The molecule has 0 bridgehead atoms. The molecule has 1 amide bonds. The lowest BCUT2D eigenvalue weighted by molar-refractivity contribution is -0.116. The Bertz CT molecular complexity index is 908. The molecule has 0 radical (unpaired) electrons. The van der Waals surface area contributed by atoms with Crippen LogP contribution in [0.5, 0.6) is 0 Å². The number of nitrogens with one attached hydrogen (secondary N) is 1. The van der Waals surface area contributed by atoms with Crippen LogP contribution in [-0.2, 0) is 4.79 Å². The summed E-state index contributed by atoms with van der Waals surface area (Å²) in [5.41, 5.74) is 3.08. The first-order valence-electron chi connectivity index (χ1n) is 8.22. The molecule has 0 spiro atoms. The normalized spacial score (nSPS) is 11.0. The van der Waals surface area contributed by atoms with Gasteiger partial charge in [-0.2, -0.15) is 0 Å². The van der Waals surface area contributed by atoms with E-state index in [2.05, 4.69) is 55.7 Å². The van der Waals surface area contributed by atoms with E-state index >= 15 is 0 Å². The second-order valence-electron chi connectivity index (χ2n) is 5.83. The molecular weight excluding hydrogens is 495 g/mol. The highest BCUT2D eigenvalue weighted by Gasteiger charge is 2.13. The van der Waals surface area contributed by atoms with Crippen molar-refractivity contribution in [3.63, 3.8) is 0 Å². The van der Waals surface area contributed by atoms with Crippen molar-refractivity contribution in [3.05, 3.63) is 44.4 Å². The molecule has 1 aromatic heterocycles. The quantitative estimate of drug-likeness (QED) is 0.308. The number of halogens is 2. The van der Waals surface area contributed by atoms with E-state index in [1.807, 2.05) is 36.4 Å². The number of fused-ring (bicyclic) bond motifs is 1. The van der Waals surface area contributed by atoms with Crippen molar-refractivity contribution in [2.75, 3.05) is 5.32 Å². The van der Waals surface area contributed by atoms with E-state index in [1.54, 1.807) is 0 Å². The Morgan fingerprint density at radius 2 is 2.08 bits per heavy atom. The third-order valence-corrected chi connectivity index (χ3v) is 5.20. The Kier molecular flexibility index (Phi) is 6.11. The minimum absolute atomic E-state index is 0.0388. The number of carbonyl (C=O) groups excluding carboxylic acids is 1. The van der Waals surface area contributed by atoms with Gasteiger partial charge in [0.05, 0.1) is 5.56 Å². The summed E-state index contributed by atoms with van der Waals surface area (Å²) in [4.78, 5) is 16.5. The number of amides is 1. The van der Waals surface area contributed by atoms with Crippen LogP contribution in [0.3, 0.4) is 0 Å². The monoisotopic (exact) mass is 512 g/mol. The van der Waals surface area contributed by atoms with Gasteiger partial charge in [0.1, 0.15) is 5.52 Å². The van der Waals surface area contributed by atoms with Crippen LogP contribution in [0.25, 0.3) is 22.6 Å². The summed E-state index contributed by atoms with van der Waals surface area (Å²) in [6.45, 7) is 2.13. The van der Waals surface area contributed by atoms with Crippen molar-refractivity contribution in [2.45, 2.75) is 32.6 Å². The fourth-order valence-electron chi connectivity index (χ4n) is 2.54. The van der Waals surface area contributed by atoms with Crippen molar-refractivity contribution in [2.24, 2.45) is 0 Å². The Morgan fingerprint density at radius 3 is 2.88 bits per heavy atom. The molecule has 0 fully saturated rings. The molecule has 6 heteroatoms. The first-order chi connectivity index (χ1) is 12.1. The first kappa shape index (κ1) is 18.4. The summed E-state index contributed by atoms with van der Waals surface area (Å²) in [5, 5.41) is 2.93. The van der Waals surface area contributed by atoms with Crippen LogP contribution in [0, 0.1) is 3.57 Å². The van der Waals surface area contributed by atoms with Crippen molar-refractivity contribution in [1.82, 2.24) is 4.98 Å². The highest BCUT2D eigenvalue weighted by molar-refractivity contribution is 14.1. The molecule has 0 unspecified atom stereocenters. The van der Waals surface area contributed by atoms with Crippen molar-refractivity contribution in [3.8, 4) is 11.5 Å². The maximum Gasteiger partial charge on any atom is 0.228 e. The van der Waals surface area contributed by atoms with E-state index in [-0.39, 0.29) is 5.91 Å². The fraction of sp³-hybridized carbons (Fsp3) is 0.263. The Labute approximate surface area is 168 Å². The Morgan fingerprint density at radius 1 is 1.24 bits per heavy atom. The summed E-state index contributed by atoms with van der Waals surface area (Å²) >= 11 is 5.80. The number of hydrogen-bond donors (Lipinski definition) is 1. The van der Waals surface area contributed by atoms with E-state index in [0.29, 0.717) is 17.9 Å². The molecule has 3 aromatic rings. The molecule has 0 saturated heterocycles. The van der Waals surface area contributed by atoms with Gasteiger partial charge in [-0.25, -0.2) is 4.98 Å². The van der Waals surface area contributed by atoms with Crippen LogP contribution in [0.1, 0.15) is 32.6 Å². The topological polar surface area (TPSA) is 55.1 Å². The average molecular weight is 513 g/mol. The summed E-state index contributed by atoms with van der Waals surface area (Å²) < 4.78 is 7.92. The third-order valence-electron chi connectivity index (χ3n) is 3.84. The fourth-order valence-corrected chi connectivity index (χ4v) is 3.45. The molecule has 4 nitrogen and oxygen atoms in total. The second-order valence-corrected chi connectivity index (χ2v) is 7.93. The molecule has 130 valence electrons. The number of benzene rings is 2. The van der Waals surface area contributed by atoms with Crippen molar-refractivity contribution in [1.29, 1.82) is 0 Å². The highest BCUT2D eigenvalue weighted by atomic mass is 127. The second kappa shape index (κ2) is 8.31. The van der Waals surface area contributed by atoms with Gasteiger partial charge in [-0.15, -0.1) is 0 Å². The van der Waals surface area contributed by atoms with Crippen LogP contribution in [0.4, 0.5) is 5.69 Å². The van der Waals surface area contributed by atoms with Gasteiger partial charge >= 0.3 is 0 Å². The zero-order valence-corrected chi connectivity index (χ0v) is 17.6. The lowest BCUT2D eigenvalue weighted by Gasteiger charge is -2.04. The van der Waals surface area contributed by atoms with E-state index in [9.17, 15) is 4.79 Å². The number of rotatable bonds is 6. The summed E-state index contributed by atoms with van der Waals surface area (Å²) in [7, 11) is 0. The van der Waals surface area contributed by atoms with Gasteiger partial charge in [-0.1, -0.05) is 19.8 Å². The van der Waals surface area contributed by atoms with Gasteiger partial charge in [0, 0.05) is 20.2 Å². The van der Waals surface area contributed by atoms with Gasteiger partial charge in [0.2, 0.25) is 11.8 Å². The van der Waals surface area contributed by atoms with Crippen LogP contribution in [0.2, 0.25) is 0 Å². The predicted octanol–water partition coefficient (Wildman–Crippen LogP) is 6.38. The first-order valence-corrected chi connectivity index (χ1v) is 10.1. The molecule has 0 saturated carbocycles. The van der Waals surface area contributed by atoms with Crippen LogP contribution < -0.4 is 5.32 Å². The van der Waals surface area contributed by atoms with E-state index in [4.69, 9.17) is 4.42 Å². The summed E-state index contributed by atoms with van der Waals surface area (Å²) in [6.07, 6.45) is 3.64. The number of unbranched alkanes of at least 4 members (excludes halogenated alkanes) is 2. The zero-order valence-electron chi connectivity index (χ0n) is 13.8. The average Bonchev–Trinajstić information content (AvgIpc) is 3.00. The number of oxazole rings is 1. The lowest BCUT2D eigenvalue weighted by Crippen LogP contribution is -2.10. The maximum atomic E-state index is 12.0. The number of hydrogen-bond acceptors (Lipinski definition) is 3. The standard InChI is InChI=1S/C19H18BrIN2O2/c1-2-3-4-5-18(24)22-13-7-9-17-16(11-13)23-19(25-17)14-10-12(21)6-8-15(14)20/h6-11H,2-5H2,1H3,(H,22,24). The molecular formula is C19H18BrIN2O2. The number of carbonyl (C=O) groups is 1. The van der Waals surface area contributed by atoms with Gasteiger partial charge < -0.3 is 9.73 Å². The van der Waals surface area contributed by atoms with E-state index in [1.165, 1.54) is 0 Å². The minimum atomic E-state index is 0.0388. The largest absolute Gasteiger partial charge is 0.436 e. The summed E-state index contributed by atoms with van der Waals surface area (Å²) in [5.74, 6) is 0.601. The zero-order chi connectivity index (χ0) is 17.8. The Balaban J connectivity index is 1.82. The SMILES string of the molecule is CCCCCC(=O)Nc1ccc2oc(-c3cc(I)ccc3Br)nc2c1. The predicted molar refractivity (Wildman–Crippen MR) is 113 cm³/mol. The van der Waals surface area contributed by atoms with Crippen molar-refractivity contribution < 1.29 is 9.21 Å². The van der Waals surface area contributed by atoms with Crippen LogP contribution in [-0.4, -0.2) is 10.9 Å². The molecule has 1 heterocycles. The van der Waals surface area contributed by atoms with Gasteiger partial charge in [-0.3, -0.25) is 4.79 Å². The molecule has 3 rings (SSSR count). The molecule has 0 aliphatic heterocycles. The summed E-state index contributed by atoms with van der Waals surface area (Å²) in [6, 6.07) is 11.6.